The molecule has 0 aliphatic carbocycles. The van der Waals surface area contributed by atoms with Gasteiger partial charge in [-0.15, -0.1) is 0 Å². The molecule has 0 heterocycles. The highest BCUT2D eigenvalue weighted by Crippen LogP contribution is 2.37. The summed E-state index contributed by atoms with van der Waals surface area (Å²) in [5.41, 5.74) is 10.8. The van der Waals surface area contributed by atoms with Crippen molar-refractivity contribution in [2.24, 2.45) is 0 Å². The van der Waals surface area contributed by atoms with E-state index in [-0.39, 0.29) is 23.0 Å². The summed E-state index contributed by atoms with van der Waals surface area (Å²) >= 11 is 0. The van der Waals surface area contributed by atoms with Crippen LogP contribution in [0.3, 0.4) is 0 Å². The SMILES string of the molecule is CCc1cc(C)c(O)c(Cc2cc(CC)cc(Cc3cc(CC)cc(Cc4cc(CC)cc(C)c4O)c3O)c2O)c1. The summed E-state index contributed by atoms with van der Waals surface area (Å²) < 4.78 is 0. The molecule has 4 aromatic rings. The van der Waals surface area contributed by atoms with Crippen LogP contribution in [0.5, 0.6) is 23.0 Å². The Morgan fingerprint density at radius 1 is 0.366 bits per heavy atom. The lowest BCUT2D eigenvalue weighted by Crippen LogP contribution is -2.02. The van der Waals surface area contributed by atoms with E-state index in [4.69, 9.17) is 0 Å². The minimum absolute atomic E-state index is 0.202. The number of hydrogen-bond donors (Lipinski definition) is 4. The molecule has 0 aromatic heterocycles. The highest BCUT2D eigenvalue weighted by Gasteiger charge is 2.18. The Morgan fingerprint density at radius 3 is 0.829 bits per heavy atom. The maximum Gasteiger partial charge on any atom is 0.122 e. The molecule has 0 spiro atoms. The van der Waals surface area contributed by atoms with E-state index in [1.165, 1.54) is 0 Å². The van der Waals surface area contributed by atoms with Crippen LogP contribution in [0, 0.1) is 13.8 Å². The fraction of sp³-hybridized carbons (Fsp3) is 0.351. The van der Waals surface area contributed by atoms with E-state index < -0.39 is 0 Å². The molecule has 0 fully saturated rings. The van der Waals surface area contributed by atoms with Crippen molar-refractivity contribution < 1.29 is 20.4 Å². The maximum absolute atomic E-state index is 11.5. The molecule has 0 aliphatic rings. The summed E-state index contributed by atoms with van der Waals surface area (Å²) in [4.78, 5) is 0. The summed E-state index contributed by atoms with van der Waals surface area (Å²) in [7, 11) is 0. The van der Waals surface area contributed by atoms with Gasteiger partial charge in [-0.05, 0) is 106 Å². The molecule has 0 saturated carbocycles. The van der Waals surface area contributed by atoms with Gasteiger partial charge in [-0.1, -0.05) is 76.2 Å². The molecule has 4 nitrogen and oxygen atoms in total. The van der Waals surface area contributed by atoms with E-state index in [9.17, 15) is 20.4 Å². The summed E-state index contributed by atoms with van der Waals surface area (Å²) in [6, 6.07) is 16.1. The summed E-state index contributed by atoms with van der Waals surface area (Å²) in [5, 5.41) is 44.5. The van der Waals surface area contributed by atoms with E-state index in [0.29, 0.717) is 19.3 Å². The van der Waals surface area contributed by atoms with Gasteiger partial charge >= 0.3 is 0 Å². The lowest BCUT2D eigenvalue weighted by Gasteiger charge is -2.18. The third-order valence-corrected chi connectivity index (χ3v) is 8.31. The van der Waals surface area contributed by atoms with Crippen LogP contribution in [0.1, 0.15) is 94.5 Å². The van der Waals surface area contributed by atoms with Crippen molar-refractivity contribution >= 4 is 0 Å². The highest BCUT2D eigenvalue weighted by molar-refractivity contribution is 5.55. The molecule has 0 atom stereocenters. The van der Waals surface area contributed by atoms with Gasteiger partial charge in [-0.2, -0.15) is 0 Å². The minimum Gasteiger partial charge on any atom is -0.507 e. The molecule has 0 unspecified atom stereocenters. The minimum atomic E-state index is 0.202. The topological polar surface area (TPSA) is 80.9 Å². The molecule has 4 heteroatoms. The van der Waals surface area contributed by atoms with Gasteiger partial charge in [0.1, 0.15) is 23.0 Å². The predicted molar refractivity (Wildman–Crippen MR) is 168 cm³/mol. The molecule has 0 amide bonds. The molecule has 0 aliphatic heterocycles. The zero-order chi connectivity index (χ0) is 29.8. The van der Waals surface area contributed by atoms with E-state index in [0.717, 1.165) is 92.4 Å². The number of phenols is 4. The van der Waals surface area contributed by atoms with Crippen molar-refractivity contribution in [2.45, 2.75) is 86.5 Å². The van der Waals surface area contributed by atoms with Gasteiger partial charge in [0.2, 0.25) is 0 Å². The Bertz CT molecular complexity index is 1450. The Kier molecular flexibility index (Phi) is 9.32. The van der Waals surface area contributed by atoms with Crippen molar-refractivity contribution in [3.8, 4) is 23.0 Å². The van der Waals surface area contributed by atoms with Gasteiger partial charge in [0.25, 0.3) is 0 Å². The molecule has 4 aromatic carbocycles. The Hall–Kier alpha value is -3.92. The molecular weight excluding hydrogens is 508 g/mol. The first-order chi connectivity index (χ1) is 19.6. The number of aryl methyl sites for hydroxylation is 6. The van der Waals surface area contributed by atoms with Crippen molar-refractivity contribution in [1.29, 1.82) is 0 Å². The average molecular weight is 553 g/mol. The molecular formula is C37H44O4. The second-order valence-electron chi connectivity index (χ2n) is 11.3. The quantitative estimate of drug-likeness (QED) is 0.160. The lowest BCUT2D eigenvalue weighted by atomic mass is 9.90. The van der Waals surface area contributed by atoms with Gasteiger partial charge in [0.15, 0.2) is 0 Å². The Labute approximate surface area is 245 Å². The van der Waals surface area contributed by atoms with E-state index in [2.05, 4.69) is 27.7 Å². The fourth-order valence-electron chi connectivity index (χ4n) is 5.77. The average Bonchev–Trinajstić information content (AvgIpc) is 2.96. The zero-order valence-electron chi connectivity index (χ0n) is 25.4. The monoisotopic (exact) mass is 552 g/mol. The van der Waals surface area contributed by atoms with Crippen LogP contribution in [0.4, 0.5) is 0 Å². The summed E-state index contributed by atoms with van der Waals surface area (Å²) in [6.45, 7) is 12.2. The molecule has 0 bridgehead atoms. The first-order valence-electron chi connectivity index (χ1n) is 14.9. The van der Waals surface area contributed by atoms with Gasteiger partial charge in [0, 0.05) is 19.3 Å². The number of hydrogen-bond acceptors (Lipinski definition) is 4. The van der Waals surface area contributed by atoms with Crippen LogP contribution in [-0.4, -0.2) is 20.4 Å². The molecule has 0 saturated heterocycles. The summed E-state index contributed by atoms with van der Waals surface area (Å²) in [5.74, 6) is 0.947. The van der Waals surface area contributed by atoms with E-state index in [1.54, 1.807) is 0 Å². The van der Waals surface area contributed by atoms with Gasteiger partial charge in [-0.25, -0.2) is 0 Å². The van der Waals surface area contributed by atoms with Crippen LogP contribution in [0.15, 0.2) is 48.5 Å². The smallest absolute Gasteiger partial charge is 0.122 e. The fourth-order valence-corrected chi connectivity index (χ4v) is 5.77. The normalized spacial score (nSPS) is 11.3. The standard InChI is InChI=1S/C37H44O4/c1-7-24-11-22(5)34(38)28(13-24)19-30-15-26(9-3)17-32(36(30)40)21-33-18-27(10-4)16-31(37(33)41)20-29-14-25(8-2)12-23(6)35(29)39/h11-18,38-41H,7-10,19-21H2,1-6H3. The van der Waals surface area contributed by atoms with Crippen LogP contribution >= 0.6 is 0 Å². The first-order valence-corrected chi connectivity index (χ1v) is 14.9. The van der Waals surface area contributed by atoms with Crippen LogP contribution in [0.25, 0.3) is 0 Å². The van der Waals surface area contributed by atoms with Crippen LogP contribution in [-0.2, 0) is 44.9 Å². The summed E-state index contributed by atoms with van der Waals surface area (Å²) in [6.07, 6.45) is 4.57. The van der Waals surface area contributed by atoms with Gasteiger partial charge in [-0.3, -0.25) is 0 Å². The second kappa shape index (κ2) is 12.7. The third kappa shape index (κ3) is 6.53. The van der Waals surface area contributed by atoms with Crippen LogP contribution in [0.2, 0.25) is 0 Å². The van der Waals surface area contributed by atoms with E-state index >= 15 is 0 Å². The Morgan fingerprint density at radius 2 is 0.585 bits per heavy atom. The third-order valence-electron chi connectivity index (χ3n) is 8.31. The highest BCUT2D eigenvalue weighted by atomic mass is 16.3. The number of benzene rings is 4. The number of rotatable bonds is 10. The molecule has 41 heavy (non-hydrogen) atoms. The van der Waals surface area contributed by atoms with E-state index in [1.807, 2.05) is 62.4 Å². The largest absolute Gasteiger partial charge is 0.507 e. The Balaban J connectivity index is 1.75. The predicted octanol–water partition coefficient (Wildman–Crippen LogP) is 8.15. The molecule has 4 N–H and O–H groups in total. The number of aromatic hydroxyl groups is 4. The van der Waals surface area contributed by atoms with Gasteiger partial charge < -0.3 is 20.4 Å². The van der Waals surface area contributed by atoms with Crippen molar-refractivity contribution in [3.63, 3.8) is 0 Å². The van der Waals surface area contributed by atoms with Crippen molar-refractivity contribution in [1.82, 2.24) is 0 Å². The second-order valence-corrected chi connectivity index (χ2v) is 11.3. The van der Waals surface area contributed by atoms with Crippen molar-refractivity contribution in [2.75, 3.05) is 0 Å². The molecule has 4 rings (SSSR count). The number of phenolic OH excluding ortho intramolecular Hbond substituents is 4. The molecule has 0 radical (unpaired) electrons. The van der Waals surface area contributed by atoms with Gasteiger partial charge in [0.05, 0.1) is 0 Å². The molecule has 216 valence electrons. The van der Waals surface area contributed by atoms with Crippen molar-refractivity contribution in [3.05, 3.63) is 115 Å². The maximum atomic E-state index is 11.5. The lowest BCUT2D eigenvalue weighted by molar-refractivity contribution is 0.453. The van der Waals surface area contributed by atoms with Crippen LogP contribution < -0.4 is 0 Å². The zero-order valence-corrected chi connectivity index (χ0v) is 25.4. The first kappa shape index (κ1) is 30.0.